The van der Waals surface area contributed by atoms with E-state index in [1.165, 1.54) is 0 Å². The smallest absolute Gasteiger partial charge is 0.337 e. The lowest BCUT2D eigenvalue weighted by molar-refractivity contribution is -0.160. The van der Waals surface area contributed by atoms with E-state index in [4.69, 9.17) is 4.74 Å². The van der Waals surface area contributed by atoms with E-state index >= 15 is 0 Å². The molecule has 196 valence electrons. The normalized spacial score (nSPS) is 19.4. The molecule has 0 aromatic heterocycles. The number of hydrogen-bond donors (Lipinski definition) is 2. The number of aliphatic carboxylic acids is 1. The molecule has 8 heteroatoms. The summed E-state index contributed by atoms with van der Waals surface area (Å²) in [6.45, 7) is 11.6. The quantitative estimate of drug-likeness (QED) is 0.535. The van der Waals surface area contributed by atoms with Gasteiger partial charge in [-0.1, -0.05) is 42.7 Å². The fourth-order valence-electron chi connectivity index (χ4n) is 5.65. The van der Waals surface area contributed by atoms with Crippen LogP contribution < -0.4 is 4.72 Å². The summed E-state index contributed by atoms with van der Waals surface area (Å²) in [7, 11) is -3.78. The van der Waals surface area contributed by atoms with Gasteiger partial charge in [0.05, 0.1) is 11.3 Å². The topological polar surface area (TPSA) is 95.9 Å². The van der Waals surface area contributed by atoms with Crippen LogP contribution in [0, 0.1) is 20.8 Å². The van der Waals surface area contributed by atoms with Crippen LogP contribution in [-0.4, -0.2) is 42.0 Å². The van der Waals surface area contributed by atoms with Crippen LogP contribution in [0.2, 0.25) is 0 Å². The summed E-state index contributed by atoms with van der Waals surface area (Å²) in [5.41, 5.74) is 5.45. The molecule has 2 aromatic carbocycles. The fourth-order valence-corrected chi connectivity index (χ4v) is 7.23. The number of benzene rings is 2. The standard InChI is InChI=1S/C28H38N2O5S/c1-17-11-13-20(14-12-17)23-18(2)22-15-16-30(21-9-7-8-10-21)36(33,34)29-25(22)19(3)24(23)26(27(31)32)35-28(4,5)6/h11-14,21,26,29H,7-10,15-16H2,1-6H3,(H,31,32). The van der Waals surface area contributed by atoms with Crippen molar-refractivity contribution in [3.05, 3.63) is 52.1 Å². The van der Waals surface area contributed by atoms with Crippen LogP contribution in [-0.2, 0) is 26.2 Å². The number of aryl methyl sites for hydroxylation is 1. The first-order valence-corrected chi connectivity index (χ1v) is 14.2. The molecule has 1 aliphatic heterocycles. The zero-order valence-electron chi connectivity index (χ0n) is 22.1. The van der Waals surface area contributed by atoms with Gasteiger partial charge in [-0.3, -0.25) is 4.72 Å². The van der Waals surface area contributed by atoms with Crippen molar-refractivity contribution in [3.8, 4) is 11.1 Å². The number of nitrogens with one attached hydrogen (secondary N) is 1. The Labute approximate surface area is 215 Å². The minimum Gasteiger partial charge on any atom is -0.479 e. The first kappa shape index (κ1) is 26.6. The number of hydrogen-bond acceptors (Lipinski definition) is 4. The van der Waals surface area contributed by atoms with Gasteiger partial charge in [0, 0.05) is 18.2 Å². The van der Waals surface area contributed by atoms with Crippen molar-refractivity contribution in [3.63, 3.8) is 0 Å². The van der Waals surface area contributed by atoms with Gasteiger partial charge in [0.25, 0.3) is 0 Å². The number of nitrogens with zero attached hydrogens (tertiary/aromatic N) is 1. The summed E-state index contributed by atoms with van der Waals surface area (Å²) in [6, 6.07) is 8.00. The molecular formula is C28H38N2O5S. The highest BCUT2D eigenvalue weighted by molar-refractivity contribution is 7.90. The molecule has 2 aliphatic rings. The molecule has 2 aromatic rings. The largest absolute Gasteiger partial charge is 0.479 e. The minimum atomic E-state index is -3.78. The van der Waals surface area contributed by atoms with E-state index in [-0.39, 0.29) is 6.04 Å². The predicted octanol–water partition coefficient (Wildman–Crippen LogP) is 5.68. The Morgan fingerprint density at radius 3 is 2.25 bits per heavy atom. The molecule has 0 amide bonds. The summed E-state index contributed by atoms with van der Waals surface area (Å²) >= 11 is 0. The van der Waals surface area contributed by atoms with E-state index in [1.54, 1.807) is 11.2 Å². The van der Waals surface area contributed by atoms with Crippen molar-refractivity contribution in [1.82, 2.24) is 4.31 Å². The highest BCUT2D eigenvalue weighted by Gasteiger charge is 2.38. The average molecular weight is 515 g/mol. The Morgan fingerprint density at radius 1 is 1.08 bits per heavy atom. The second kappa shape index (κ2) is 9.80. The molecule has 0 spiro atoms. The van der Waals surface area contributed by atoms with E-state index < -0.39 is 27.9 Å². The van der Waals surface area contributed by atoms with E-state index in [1.807, 2.05) is 58.9 Å². The molecule has 1 heterocycles. The van der Waals surface area contributed by atoms with Crippen LogP contribution in [0.1, 0.15) is 80.4 Å². The number of carboxylic acid groups (broad SMARTS) is 1. The first-order valence-electron chi connectivity index (χ1n) is 12.7. The lowest BCUT2D eigenvalue weighted by atomic mass is 9.83. The van der Waals surface area contributed by atoms with Gasteiger partial charge in [0.2, 0.25) is 0 Å². The number of carboxylic acids is 1. The van der Waals surface area contributed by atoms with Crippen LogP contribution in [0.15, 0.2) is 24.3 Å². The summed E-state index contributed by atoms with van der Waals surface area (Å²) < 4.78 is 37.6. The van der Waals surface area contributed by atoms with Gasteiger partial charge in [-0.25, -0.2) is 4.79 Å². The van der Waals surface area contributed by atoms with E-state index in [0.717, 1.165) is 53.5 Å². The molecule has 4 rings (SSSR count). The third-order valence-corrected chi connectivity index (χ3v) is 8.89. The van der Waals surface area contributed by atoms with Crippen molar-refractivity contribution >= 4 is 21.9 Å². The average Bonchev–Trinajstić information content (AvgIpc) is 3.25. The minimum absolute atomic E-state index is 0.00413. The zero-order valence-corrected chi connectivity index (χ0v) is 23.0. The Hall–Kier alpha value is -2.42. The summed E-state index contributed by atoms with van der Waals surface area (Å²) in [5, 5.41) is 10.3. The van der Waals surface area contributed by atoms with Crippen LogP contribution in [0.4, 0.5) is 5.69 Å². The number of anilines is 1. The molecule has 2 N–H and O–H groups in total. The maximum Gasteiger partial charge on any atom is 0.337 e. The second-order valence-electron chi connectivity index (χ2n) is 11.1. The van der Waals surface area contributed by atoms with Gasteiger partial charge in [0.15, 0.2) is 6.10 Å². The second-order valence-corrected chi connectivity index (χ2v) is 12.7. The fraction of sp³-hybridized carbons (Fsp3) is 0.536. The highest BCUT2D eigenvalue weighted by Crippen LogP contribution is 2.45. The Kier molecular flexibility index (Phi) is 7.25. The van der Waals surface area contributed by atoms with Crippen LogP contribution in [0.25, 0.3) is 11.1 Å². The highest BCUT2D eigenvalue weighted by atomic mass is 32.2. The van der Waals surface area contributed by atoms with Crippen molar-refractivity contribution < 1.29 is 23.1 Å². The molecular weight excluding hydrogens is 476 g/mol. The lowest BCUT2D eigenvalue weighted by Gasteiger charge is -2.30. The van der Waals surface area contributed by atoms with Gasteiger partial charge in [-0.2, -0.15) is 12.7 Å². The van der Waals surface area contributed by atoms with Crippen molar-refractivity contribution in [2.45, 2.75) is 91.4 Å². The van der Waals surface area contributed by atoms with Gasteiger partial charge < -0.3 is 9.84 Å². The molecule has 0 bridgehead atoms. The van der Waals surface area contributed by atoms with E-state index in [0.29, 0.717) is 29.8 Å². The predicted molar refractivity (Wildman–Crippen MR) is 143 cm³/mol. The SMILES string of the molecule is Cc1ccc(-c2c(C)c3c(c(C)c2C(OC(C)(C)C)C(=O)O)NS(=O)(=O)N(C2CCCC2)CC3)cc1. The van der Waals surface area contributed by atoms with Crippen LogP contribution in [0.3, 0.4) is 0 Å². The third kappa shape index (κ3) is 5.17. The number of ether oxygens (including phenoxy) is 1. The van der Waals surface area contributed by atoms with Gasteiger partial charge in [-0.15, -0.1) is 0 Å². The molecule has 1 saturated carbocycles. The number of fused-ring (bicyclic) bond motifs is 1. The third-order valence-electron chi connectivity index (χ3n) is 7.33. The van der Waals surface area contributed by atoms with Crippen LogP contribution >= 0.6 is 0 Å². The van der Waals surface area contributed by atoms with Crippen molar-refractivity contribution in [2.24, 2.45) is 0 Å². The Balaban J connectivity index is 1.97. The van der Waals surface area contributed by atoms with Crippen LogP contribution in [0.5, 0.6) is 0 Å². The zero-order chi connectivity index (χ0) is 26.4. The van der Waals surface area contributed by atoms with Crippen molar-refractivity contribution in [1.29, 1.82) is 0 Å². The van der Waals surface area contributed by atoms with Gasteiger partial charge in [-0.05, 0) is 88.6 Å². The first-order chi connectivity index (χ1) is 16.8. The van der Waals surface area contributed by atoms with Gasteiger partial charge in [0.1, 0.15) is 0 Å². The monoisotopic (exact) mass is 514 g/mol. The molecule has 1 atom stereocenters. The lowest BCUT2D eigenvalue weighted by Crippen LogP contribution is -2.42. The molecule has 36 heavy (non-hydrogen) atoms. The summed E-state index contributed by atoms with van der Waals surface area (Å²) in [5.74, 6) is -1.11. The number of carbonyl (C=O) groups is 1. The molecule has 1 aliphatic carbocycles. The Bertz CT molecular complexity index is 1260. The number of rotatable bonds is 5. The molecule has 1 fully saturated rings. The van der Waals surface area contributed by atoms with Crippen molar-refractivity contribution in [2.75, 3.05) is 11.3 Å². The van der Waals surface area contributed by atoms with Gasteiger partial charge >= 0.3 is 16.2 Å². The summed E-state index contributed by atoms with van der Waals surface area (Å²) in [6.07, 6.45) is 3.11. The van der Waals surface area contributed by atoms with E-state index in [9.17, 15) is 18.3 Å². The molecule has 0 radical (unpaired) electrons. The molecule has 0 saturated heterocycles. The maximum atomic E-state index is 13.5. The van der Waals surface area contributed by atoms with E-state index in [2.05, 4.69) is 4.72 Å². The molecule has 1 unspecified atom stereocenters. The summed E-state index contributed by atoms with van der Waals surface area (Å²) in [4.78, 5) is 12.6. The Morgan fingerprint density at radius 2 is 1.69 bits per heavy atom. The maximum absolute atomic E-state index is 13.5. The molecule has 7 nitrogen and oxygen atoms in total.